The van der Waals surface area contributed by atoms with Crippen LogP contribution in [0, 0.1) is 5.82 Å². The zero-order chi connectivity index (χ0) is 17.3. The largest absolute Gasteiger partial charge is 0.351 e. The molecule has 3 nitrogen and oxygen atoms in total. The molecule has 2 aromatic rings. The Kier molecular flexibility index (Phi) is 4.67. The highest BCUT2D eigenvalue weighted by molar-refractivity contribution is 5.83. The van der Waals surface area contributed by atoms with Crippen molar-refractivity contribution in [3.63, 3.8) is 0 Å². The van der Waals surface area contributed by atoms with Crippen LogP contribution >= 0.6 is 0 Å². The summed E-state index contributed by atoms with van der Waals surface area (Å²) in [6.45, 7) is 1.86. The molecule has 1 amide bonds. The summed E-state index contributed by atoms with van der Waals surface area (Å²) < 4.78 is 13.1. The fraction of sp³-hybridized carbons (Fsp3) is 0.350. The number of hydrogen-bond acceptors (Lipinski definition) is 2. The van der Waals surface area contributed by atoms with Crippen LogP contribution in [0.1, 0.15) is 35.6 Å². The number of hydrogen-bond donors (Lipinski definition) is 1. The molecule has 0 radical (unpaired) electrons. The Labute approximate surface area is 142 Å². The van der Waals surface area contributed by atoms with Gasteiger partial charge < -0.3 is 10.2 Å². The molecular weight excluding hydrogens is 303 g/mol. The van der Waals surface area contributed by atoms with Gasteiger partial charge in [0.1, 0.15) is 5.82 Å². The van der Waals surface area contributed by atoms with E-state index in [1.54, 1.807) is 12.1 Å². The molecule has 1 N–H and O–H groups in total. The highest BCUT2D eigenvalue weighted by Crippen LogP contribution is 2.35. The summed E-state index contributed by atoms with van der Waals surface area (Å²) in [5.41, 5.74) is 3.39. The van der Waals surface area contributed by atoms with Gasteiger partial charge in [-0.3, -0.25) is 4.79 Å². The van der Waals surface area contributed by atoms with Gasteiger partial charge in [-0.1, -0.05) is 36.4 Å². The zero-order valence-corrected chi connectivity index (χ0v) is 14.3. The van der Waals surface area contributed by atoms with Crippen molar-refractivity contribution >= 4 is 5.91 Å². The van der Waals surface area contributed by atoms with Crippen LogP contribution in [0.2, 0.25) is 0 Å². The summed E-state index contributed by atoms with van der Waals surface area (Å²) in [5.74, 6) is -0.617. The molecule has 1 aliphatic carbocycles. The van der Waals surface area contributed by atoms with Gasteiger partial charge in [0.15, 0.2) is 0 Å². The summed E-state index contributed by atoms with van der Waals surface area (Å²) in [6, 6.07) is 14.7. The van der Waals surface area contributed by atoms with Crippen LogP contribution in [-0.2, 0) is 11.2 Å². The predicted octanol–water partition coefficient (Wildman–Crippen LogP) is 3.27. The normalized spacial score (nSPS) is 20.7. The summed E-state index contributed by atoms with van der Waals surface area (Å²) in [4.78, 5) is 14.8. The molecule has 0 bridgehead atoms. The number of rotatable bonds is 4. The molecule has 2 aromatic carbocycles. The van der Waals surface area contributed by atoms with Crippen molar-refractivity contribution in [2.75, 3.05) is 14.1 Å². The molecule has 0 heterocycles. The number of carbonyl (C=O) groups excluding carboxylic acids is 1. The maximum absolute atomic E-state index is 13.1. The van der Waals surface area contributed by atoms with Crippen LogP contribution in [-0.4, -0.2) is 30.9 Å². The monoisotopic (exact) mass is 326 g/mol. The molecule has 3 atom stereocenters. The van der Waals surface area contributed by atoms with Crippen molar-refractivity contribution in [3.8, 4) is 0 Å². The molecule has 126 valence electrons. The van der Waals surface area contributed by atoms with E-state index in [4.69, 9.17) is 0 Å². The van der Waals surface area contributed by atoms with Crippen LogP contribution in [0.15, 0.2) is 48.5 Å². The summed E-state index contributed by atoms with van der Waals surface area (Å²) in [6.07, 6.45) is 0.834. The smallest absolute Gasteiger partial charge is 0.227 e. The summed E-state index contributed by atoms with van der Waals surface area (Å²) in [5, 5.41) is 3.20. The van der Waals surface area contributed by atoms with E-state index in [0.29, 0.717) is 0 Å². The van der Waals surface area contributed by atoms with Gasteiger partial charge in [-0.2, -0.15) is 0 Å². The highest BCUT2D eigenvalue weighted by atomic mass is 19.1. The van der Waals surface area contributed by atoms with Gasteiger partial charge >= 0.3 is 0 Å². The number of nitrogens with zero attached hydrogens (tertiary/aromatic N) is 1. The van der Waals surface area contributed by atoms with E-state index >= 15 is 0 Å². The van der Waals surface area contributed by atoms with Crippen molar-refractivity contribution in [3.05, 3.63) is 71.0 Å². The molecule has 3 rings (SSSR count). The average molecular weight is 326 g/mol. The molecule has 0 unspecified atom stereocenters. The molecule has 0 spiro atoms. The maximum Gasteiger partial charge on any atom is 0.227 e. The summed E-state index contributed by atoms with van der Waals surface area (Å²) >= 11 is 0. The number of benzene rings is 2. The van der Waals surface area contributed by atoms with E-state index in [1.807, 2.05) is 33.2 Å². The van der Waals surface area contributed by atoms with Gasteiger partial charge in [-0.15, -0.1) is 0 Å². The minimum absolute atomic E-state index is 0.0220. The number of amides is 1. The lowest BCUT2D eigenvalue weighted by molar-refractivity contribution is -0.123. The Bertz CT molecular complexity index is 727. The highest BCUT2D eigenvalue weighted by Gasteiger charge is 2.35. The molecule has 0 saturated carbocycles. The number of likely N-dealkylation sites (N-methyl/N-ethyl adjacent to an activating group) is 1. The van der Waals surface area contributed by atoms with E-state index in [-0.39, 0.29) is 29.7 Å². The Balaban J connectivity index is 1.75. The van der Waals surface area contributed by atoms with Crippen molar-refractivity contribution < 1.29 is 9.18 Å². The van der Waals surface area contributed by atoms with Crippen LogP contribution in [0.25, 0.3) is 0 Å². The molecule has 4 heteroatoms. The molecule has 0 aliphatic heterocycles. The van der Waals surface area contributed by atoms with E-state index in [2.05, 4.69) is 22.3 Å². The van der Waals surface area contributed by atoms with Gasteiger partial charge in [0.2, 0.25) is 5.91 Å². The van der Waals surface area contributed by atoms with Crippen LogP contribution < -0.4 is 5.32 Å². The van der Waals surface area contributed by atoms with Gasteiger partial charge in [0, 0.05) is 0 Å². The summed E-state index contributed by atoms with van der Waals surface area (Å²) in [7, 11) is 4.07. The Morgan fingerprint density at radius 1 is 1.17 bits per heavy atom. The lowest BCUT2D eigenvalue weighted by atomic mass is 9.99. The van der Waals surface area contributed by atoms with E-state index in [1.165, 1.54) is 23.3 Å². The third kappa shape index (κ3) is 3.20. The Morgan fingerprint density at radius 2 is 1.83 bits per heavy atom. The lowest BCUT2D eigenvalue weighted by Crippen LogP contribution is -2.43. The SMILES string of the molecule is C[C@H](C(=O)N[C@@H]1Cc2ccccc2[C@H]1N(C)C)c1ccc(F)cc1. The first-order valence-corrected chi connectivity index (χ1v) is 8.27. The van der Waals surface area contributed by atoms with Crippen molar-refractivity contribution in [1.82, 2.24) is 10.2 Å². The number of nitrogens with one attached hydrogen (secondary N) is 1. The van der Waals surface area contributed by atoms with Crippen molar-refractivity contribution in [2.24, 2.45) is 0 Å². The van der Waals surface area contributed by atoms with E-state index in [9.17, 15) is 9.18 Å². The molecule has 0 saturated heterocycles. The van der Waals surface area contributed by atoms with Crippen molar-refractivity contribution in [2.45, 2.75) is 31.3 Å². The standard InChI is InChI=1S/C20H23FN2O/c1-13(14-8-10-16(21)11-9-14)20(24)22-18-12-15-6-4-5-7-17(15)19(18)23(2)3/h4-11,13,18-19H,12H2,1-3H3,(H,22,24)/t13-,18+,19+/m0/s1. The topological polar surface area (TPSA) is 32.3 Å². The first kappa shape index (κ1) is 16.7. The first-order valence-electron chi connectivity index (χ1n) is 8.27. The Hall–Kier alpha value is -2.20. The second-order valence-corrected chi connectivity index (χ2v) is 6.70. The van der Waals surface area contributed by atoms with Crippen LogP contribution in [0.4, 0.5) is 4.39 Å². The van der Waals surface area contributed by atoms with E-state index in [0.717, 1.165) is 12.0 Å². The Morgan fingerprint density at radius 3 is 2.50 bits per heavy atom. The molecule has 0 fully saturated rings. The fourth-order valence-electron chi connectivity index (χ4n) is 3.55. The third-order valence-electron chi connectivity index (χ3n) is 4.84. The fourth-order valence-corrected chi connectivity index (χ4v) is 3.55. The maximum atomic E-state index is 13.1. The molecule has 24 heavy (non-hydrogen) atoms. The second kappa shape index (κ2) is 6.73. The number of fused-ring (bicyclic) bond motifs is 1. The van der Waals surface area contributed by atoms with E-state index < -0.39 is 0 Å². The second-order valence-electron chi connectivity index (χ2n) is 6.70. The molecule has 1 aliphatic rings. The zero-order valence-electron chi connectivity index (χ0n) is 14.3. The first-order chi connectivity index (χ1) is 11.5. The van der Waals surface area contributed by atoms with Gasteiger partial charge in [0.25, 0.3) is 0 Å². The van der Waals surface area contributed by atoms with Gasteiger partial charge in [0.05, 0.1) is 18.0 Å². The van der Waals surface area contributed by atoms with Crippen LogP contribution in [0.3, 0.4) is 0 Å². The van der Waals surface area contributed by atoms with Gasteiger partial charge in [-0.25, -0.2) is 4.39 Å². The third-order valence-corrected chi connectivity index (χ3v) is 4.84. The lowest BCUT2D eigenvalue weighted by Gasteiger charge is -2.28. The molecular formula is C20H23FN2O. The number of carbonyl (C=O) groups is 1. The quantitative estimate of drug-likeness (QED) is 0.935. The van der Waals surface area contributed by atoms with Gasteiger partial charge in [-0.05, 0) is 56.3 Å². The minimum atomic E-state index is -0.308. The number of halogens is 1. The average Bonchev–Trinajstić information content (AvgIpc) is 2.92. The molecule has 0 aromatic heterocycles. The minimum Gasteiger partial charge on any atom is -0.351 e. The van der Waals surface area contributed by atoms with Crippen LogP contribution in [0.5, 0.6) is 0 Å². The van der Waals surface area contributed by atoms with Crippen molar-refractivity contribution in [1.29, 1.82) is 0 Å². The predicted molar refractivity (Wildman–Crippen MR) is 93.3 cm³/mol.